The van der Waals surface area contributed by atoms with Gasteiger partial charge in [0.05, 0.1) is 6.54 Å². The highest BCUT2D eigenvalue weighted by atomic mass is 15.4. The summed E-state index contributed by atoms with van der Waals surface area (Å²) >= 11 is 0. The van der Waals surface area contributed by atoms with Gasteiger partial charge in [0.25, 0.3) is 0 Å². The van der Waals surface area contributed by atoms with Crippen LogP contribution < -0.4 is 5.32 Å². The number of aromatic nitrogens is 3. The molecule has 2 heterocycles. The van der Waals surface area contributed by atoms with Crippen LogP contribution in [0, 0.1) is 0 Å². The van der Waals surface area contributed by atoms with Crippen LogP contribution in [0.5, 0.6) is 0 Å². The zero-order chi connectivity index (χ0) is 14.9. The molecule has 4 rings (SSSR count). The van der Waals surface area contributed by atoms with Crippen molar-refractivity contribution in [3.63, 3.8) is 0 Å². The van der Waals surface area contributed by atoms with Crippen LogP contribution in [0.25, 0.3) is 0 Å². The zero-order valence-corrected chi connectivity index (χ0v) is 13.3. The summed E-state index contributed by atoms with van der Waals surface area (Å²) in [5, 5.41) is 8.52. The summed E-state index contributed by atoms with van der Waals surface area (Å²) in [5.74, 6) is 2.15. The Kier molecular flexibility index (Phi) is 3.70. The van der Waals surface area contributed by atoms with Crippen LogP contribution in [0.1, 0.15) is 55.0 Å². The van der Waals surface area contributed by atoms with E-state index in [0.29, 0.717) is 12.1 Å². The third kappa shape index (κ3) is 2.56. The minimum absolute atomic E-state index is 0.505. The van der Waals surface area contributed by atoms with E-state index >= 15 is 0 Å². The summed E-state index contributed by atoms with van der Waals surface area (Å²) in [7, 11) is 0. The van der Waals surface area contributed by atoms with Crippen molar-refractivity contribution < 1.29 is 0 Å². The van der Waals surface area contributed by atoms with Gasteiger partial charge in [-0.15, -0.1) is 0 Å². The third-order valence-electron chi connectivity index (χ3n) is 5.02. The van der Waals surface area contributed by atoms with Crippen LogP contribution in [-0.4, -0.2) is 20.8 Å². The van der Waals surface area contributed by atoms with E-state index in [4.69, 9.17) is 0 Å². The maximum Gasteiger partial charge on any atom is 0.150 e. The molecule has 0 radical (unpaired) electrons. The van der Waals surface area contributed by atoms with Crippen molar-refractivity contribution >= 4 is 0 Å². The van der Waals surface area contributed by atoms with E-state index < -0.39 is 0 Å². The number of nitrogens with zero attached hydrogens (tertiary/aromatic N) is 3. The molecule has 0 saturated carbocycles. The number of hydrogen-bond acceptors (Lipinski definition) is 3. The lowest BCUT2D eigenvalue weighted by Crippen LogP contribution is -2.40. The molecule has 2 aromatic rings. The first-order valence-electron chi connectivity index (χ1n) is 8.60. The molecular weight excluding hydrogens is 272 g/mol. The number of rotatable bonds is 3. The summed E-state index contributed by atoms with van der Waals surface area (Å²) in [4.78, 5) is 4.61. The monoisotopic (exact) mass is 296 g/mol. The van der Waals surface area contributed by atoms with E-state index in [1.165, 1.54) is 42.6 Å². The van der Waals surface area contributed by atoms with E-state index in [-0.39, 0.29) is 0 Å². The molecule has 0 bridgehead atoms. The Balaban J connectivity index is 1.49. The van der Waals surface area contributed by atoms with Crippen molar-refractivity contribution in [2.45, 2.75) is 64.1 Å². The minimum Gasteiger partial charge on any atom is -0.305 e. The van der Waals surface area contributed by atoms with E-state index in [1.807, 2.05) is 0 Å². The van der Waals surface area contributed by atoms with E-state index in [0.717, 1.165) is 25.2 Å². The average Bonchev–Trinajstić information content (AvgIpc) is 2.98. The molecular formula is C18H24N4. The molecule has 2 aliphatic rings. The first kappa shape index (κ1) is 13.9. The fourth-order valence-electron chi connectivity index (χ4n) is 3.86. The summed E-state index contributed by atoms with van der Waals surface area (Å²) < 4.78 is 2.12. The van der Waals surface area contributed by atoms with Gasteiger partial charge in [0.2, 0.25) is 0 Å². The SMILES string of the molecule is CCc1nc2n(n1)C[C@H](N[C@@H]1CCCc3ccccc31)CC2. The average molecular weight is 296 g/mol. The summed E-state index contributed by atoms with van der Waals surface area (Å²) in [6, 6.07) is 9.93. The van der Waals surface area contributed by atoms with Crippen LogP contribution in [0.2, 0.25) is 0 Å². The van der Waals surface area contributed by atoms with Crippen LogP contribution >= 0.6 is 0 Å². The molecule has 1 aromatic carbocycles. The van der Waals surface area contributed by atoms with Gasteiger partial charge < -0.3 is 5.32 Å². The van der Waals surface area contributed by atoms with Crippen LogP contribution in [0.15, 0.2) is 24.3 Å². The maximum absolute atomic E-state index is 4.62. The topological polar surface area (TPSA) is 42.7 Å². The predicted octanol–water partition coefficient (Wildman–Crippen LogP) is 2.82. The Bertz CT molecular complexity index is 661. The quantitative estimate of drug-likeness (QED) is 0.947. The number of hydrogen-bond donors (Lipinski definition) is 1. The highest BCUT2D eigenvalue weighted by molar-refractivity contribution is 5.32. The minimum atomic E-state index is 0.505. The largest absolute Gasteiger partial charge is 0.305 e. The van der Waals surface area contributed by atoms with Crippen LogP contribution in [-0.2, 0) is 25.8 Å². The summed E-state index contributed by atoms with van der Waals surface area (Å²) in [6.45, 7) is 3.08. The Morgan fingerprint density at radius 1 is 1.23 bits per heavy atom. The van der Waals surface area contributed by atoms with Gasteiger partial charge in [-0.05, 0) is 36.8 Å². The lowest BCUT2D eigenvalue weighted by Gasteiger charge is -2.32. The number of nitrogens with one attached hydrogen (secondary N) is 1. The molecule has 0 spiro atoms. The lowest BCUT2D eigenvalue weighted by molar-refractivity contribution is 0.311. The van der Waals surface area contributed by atoms with Crippen molar-refractivity contribution in [2.24, 2.45) is 0 Å². The van der Waals surface area contributed by atoms with Gasteiger partial charge >= 0.3 is 0 Å². The van der Waals surface area contributed by atoms with Gasteiger partial charge in [0.1, 0.15) is 5.82 Å². The van der Waals surface area contributed by atoms with E-state index in [2.05, 4.69) is 51.3 Å². The van der Waals surface area contributed by atoms with Crippen molar-refractivity contribution in [3.05, 3.63) is 47.0 Å². The van der Waals surface area contributed by atoms with Crippen LogP contribution in [0.3, 0.4) is 0 Å². The highest BCUT2D eigenvalue weighted by Gasteiger charge is 2.26. The molecule has 0 fully saturated rings. The number of aryl methyl sites for hydroxylation is 3. The first-order chi connectivity index (χ1) is 10.8. The fraction of sp³-hybridized carbons (Fsp3) is 0.556. The molecule has 1 N–H and O–H groups in total. The molecule has 0 saturated heterocycles. The van der Waals surface area contributed by atoms with Crippen molar-refractivity contribution in [3.8, 4) is 0 Å². The second-order valence-corrected chi connectivity index (χ2v) is 6.53. The third-order valence-corrected chi connectivity index (χ3v) is 5.02. The van der Waals surface area contributed by atoms with Gasteiger partial charge in [-0.2, -0.15) is 5.10 Å². The first-order valence-corrected chi connectivity index (χ1v) is 8.60. The Morgan fingerprint density at radius 2 is 2.14 bits per heavy atom. The van der Waals surface area contributed by atoms with Crippen molar-refractivity contribution in [2.75, 3.05) is 0 Å². The lowest BCUT2D eigenvalue weighted by atomic mass is 9.87. The summed E-state index contributed by atoms with van der Waals surface area (Å²) in [5.41, 5.74) is 3.03. The van der Waals surface area contributed by atoms with Crippen molar-refractivity contribution in [1.29, 1.82) is 0 Å². The molecule has 2 atom stereocenters. The van der Waals surface area contributed by atoms with Gasteiger partial charge in [0, 0.05) is 24.9 Å². The molecule has 0 unspecified atom stereocenters. The standard InChI is InChI=1S/C18H24N4/c1-2-17-20-18-11-10-14(12-22(18)21-17)19-16-9-5-7-13-6-3-4-8-15(13)16/h3-4,6,8,14,16,19H,2,5,7,9-12H2,1H3/t14-,16-/m1/s1. The second kappa shape index (κ2) is 5.84. The molecule has 1 aliphatic carbocycles. The smallest absolute Gasteiger partial charge is 0.150 e. The number of benzene rings is 1. The molecule has 4 nitrogen and oxygen atoms in total. The second-order valence-electron chi connectivity index (χ2n) is 6.53. The molecule has 1 aromatic heterocycles. The number of fused-ring (bicyclic) bond motifs is 2. The summed E-state index contributed by atoms with van der Waals surface area (Å²) in [6.07, 6.45) is 6.90. The maximum atomic E-state index is 4.62. The van der Waals surface area contributed by atoms with Gasteiger partial charge in [-0.25, -0.2) is 9.67 Å². The van der Waals surface area contributed by atoms with Gasteiger partial charge in [-0.1, -0.05) is 31.2 Å². The fourth-order valence-corrected chi connectivity index (χ4v) is 3.86. The molecule has 1 aliphatic heterocycles. The predicted molar refractivity (Wildman–Crippen MR) is 86.8 cm³/mol. The highest BCUT2D eigenvalue weighted by Crippen LogP contribution is 2.30. The van der Waals surface area contributed by atoms with E-state index in [9.17, 15) is 0 Å². The molecule has 116 valence electrons. The Hall–Kier alpha value is -1.68. The Labute approximate surface area is 132 Å². The zero-order valence-electron chi connectivity index (χ0n) is 13.3. The Morgan fingerprint density at radius 3 is 3.05 bits per heavy atom. The van der Waals surface area contributed by atoms with Crippen molar-refractivity contribution in [1.82, 2.24) is 20.1 Å². The van der Waals surface area contributed by atoms with Gasteiger partial charge in [0.15, 0.2) is 5.82 Å². The van der Waals surface area contributed by atoms with E-state index in [1.54, 1.807) is 0 Å². The normalized spacial score (nSPS) is 23.9. The molecule has 22 heavy (non-hydrogen) atoms. The molecule has 4 heteroatoms. The van der Waals surface area contributed by atoms with Gasteiger partial charge in [-0.3, -0.25) is 0 Å². The molecule has 0 amide bonds. The van der Waals surface area contributed by atoms with Crippen LogP contribution in [0.4, 0.5) is 0 Å².